The van der Waals surface area contributed by atoms with Gasteiger partial charge in [0, 0.05) is 12.6 Å². The average molecular weight is 289 g/mol. The fourth-order valence-electron chi connectivity index (χ4n) is 3.34. The van der Waals surface area contributed by atoms with E-state index in [4.69, 9.17) is 0 Å². The molecule has 2 rings (SSSR count). The van der Waals surface area contributed by atoms with Crippen LogP contribution in [0, 0.1) is 11.8 Å². The first-order chi connectivity index (χ1) is 10.1. The quantitative estimate of drug-likeness (QED) is 0.805. The van der Waals surface area contributed by atoms with Gasteiger partial charge in [0.05, 0.1) is 5.92 Å². The van der Waals surface area contributed by atoms with E-state index in [1.807, 2.05) is 0 Å². The standard InChI is InChI=1S/C18H27NO2/c1-13(2)10-16(18(20)21)12-19-17-9-8-15(11-17)14-6-4-3-5-7-14/h3-7,13,15-17,19H,8-12H2,1-2H3,(H,20,21). The van der Waals surface area contributed by atoms with Crippen molar-refractivity contribution in [3.8, 4) is 0 Å². The normalized spacial score (nSPS) is 23.4. The first-order valence-corrected chi connectivity index (χ1v) is 8.07. The van der Waals surface area contributed by atoms with Gasteiger partial charge in [-0.3, -0.25) is 4.79 Å². The first-order valence-electron chi connectivity index (χ1n) is 8.07. The Morgan fingerprint density at radius 2 is 2.00 bits per heavy atom. The van der Waals surface area contributed by atoms with E-state index in [0.29, 0.717) is 24.4 Å². The molecule has 0 bridgehead atoms. The highest BCUT2D eigenvalue weighted by molar-refractivity contribution is 5.70. The van der Waals surface area contributed by atoms with Gasteiger partial charge in [-0.1, -0.05) is 44.2 Å². The van der Waals surface area contributed by atoms with Gasteiger partial charge in [-0.05, 0) is 43.1 Å². The third kappa shape index (κ3) is 4.85. The van der Waals surface area contributed by atoms with Crippen molar-refractivity contribution in [2.75, 3.05) is 6.54 Å². The van der Waals surface area contributed by atoms with Crippen LogP contribution >= 0.6 is 0 Å². The van der Waals surface area contributed by atoms with Gasteiger partial charge in [-0.15, -0.1) is 0 Å². The van der Waals surface area contributed by atoms with Crippen LogP contribution in [0.3, 0.4) is 0 Å². The minimum absolute atomic E-state index is 0.263. The number of aliphatic carboxylic acids is 1. The molecule has 3 atom stereocenters. The summed E-state index contributed by atoms with van der Waals surface area (Å²) in [5.74, 6) is 0.111. The van der Waals surface area contributed by atoms with Gasteiger partial charge >= 0.3 is 5.97 Å². The smallest absolute Gasteiger partial charge is 0.307 e. The van der Waals surface area contributed by atoms with Crippen molar-refractivity contribution >= 4 is 5.97 Å². The number of carbonyl (C=O) groups is 1. The molecule has 1 aromatic rings. The maximum Gasteiger partial charge on any atom is 0.307 e. The van der Waals surface area contributed by atoms with E-state index in [-0.39, 0.29) is 5.92 Å². The van der Waals surface area contributed by atoms with Crippen LogP contribution in [0.2, 0.25) is 0 Å². The van der Waals surface area contributed by atoms with E-state index >= 15 is 0 Å². The Hall–Kier alpha value is -1.35. The van der Waals surface area contributed by atoms with E-state index in [1.54, 1.807) is 0 Å². The lowest BCUT2D eigenvalue weighted by molar-refractivity contribution is -0.142. The van der Waals surface area contributed by atoms with Gasteiger partial charge in [0.1, 0.15) is 0 Å². The summed E-state index contributed by atoms with van der Waals surface area (Å²) in [6, 6.07) is 11.1. The monoisotopic (exact) mass is 289 g/mol. The molecule has 3 nitrogen and oxygen atoms in total. The van der Waals surface area contributed by atoms with Crippen molar-refractivity contribution in [2.24, 2.45) is 11.8 Å². The lowest BCUT2D eigenvalue weighted by atomic mass is 9.96. The van der Waals surface area contributed by atoms with Crippen LogP contribution in [0.1, 0.15) is 51.0 Å². The van der Waals surface area contributed by atoms with Gasteiger partial charge < -0.3 is 10.4 Å². The summed E-state index contributed by atoms with van der Waals surface area (Å²) >= 11 is 0. The largest absolute Gasteiger partial charge is 0.481 e. The third-order valence-electron chi connectivity index (χ3n) is 4.46. The van der Waals surface area contributed by atoms with Crippen LogP contribution in [0.5, 0.6) is 0 Å². The molecule has 116 valence electrons. The van der Waals surface area contributed by atoms with Gasteiger partial charge in [-0.2, -0.15) is 0 Å². The topological polar surface area (TPSA) is 49.3 Å². The lowest BCUT2D eigenvalue weighted by Gasteiger charge is -2.19. The fraction of sp³-hybridized carbons (Fsp3) is 0.611. The van der Waals surface area contributed by atoms with Crippen molar-refractivity contribution in [1.29, 1.82) is 0 Å². The summed E-state index contributed by atoms with van der Waals surface area (Å²) in [5, 5.41) is 12.8. The Bertz CT molecular complexity index is 444. The second-order valence-electron chi connectivity index (χ2n) is 6.69. The van der Waals surface area contributed by atoms with Crippen molar-refractivity contribution in [2.45, 2.75) is 51.5 Å². The Morgan fingerprint density at radius 3 is 2.62 bits per heavy atom. The highest BCUT2D eigenvalue weighted by Crippen LogP contribution is 2.34. The van der Waals surface area contributed by atoms with E-state index in [1.165, 1.54) is 12.0 Å². The van der Waals surface area contributed by atoms with Crippen LogP contribution in [-0.4, -0.2) is 23.7 Å². The molecule has 1 aliphatic rings. The lowest BCUT2D eigenvalue weighted by Crippen LogP contribution is -2.35. The number of carboxylic acids is 1. The molecule has 1 aromatic carbocycles. The number of benzene rings is 1. The van der Waals surface area contributed by atoms with Crippen molar-refractivity contribution in [3.63, 3.8) is 0 Å². The van der Waals surface area contributed by atoms with E-state index in [0.717, 1.165) is 19.3 Å². The highest BCUT2D eigenvalue weighted by atomic mass is 16.4. The van der Waals surface area contributed by atoms with Gasteiger partial charge in [-0.25, -0.2) is 0 Å². The maximum absolute atomic E-state index is 11.3. The van der Waals surface area contributed by atoms with E-state index in [9.17, 15) is 9.90 Å². The Morgan fingerprint density at radius 1 is 1.29 bits per heavy atom. The zero-order valence-electron chi connectivity index (χ0n) is 13.1. The molecule has 0 amide bonds. The summed E-state index contributed by atoms with van der Waals surface area (Å²) < 4.78 is 0. The van der Waals surface area contributed by atoms with E-state index < -0.39 is 5.97 Å². The van der Waals surface area contributed by atoms with Gasteiger partial charge in [0.25, 0.3) is 0 Å². The first kappa shape index (κ1) is 16.0. The summed E-state index contributed by atoms with van der Waals surface area (Å²) in [6.07, 6.45) is 4.21. The average Bonchev–Trinajstić information content (AvgIpc) is 2.92. The summed E-state index contributed by atoms with van der Waals surface area (Å²) in [6.45, 7) is 4.76. The van der Waals surface area contributed by atoms with Gasteiger partial charge in [0.2, 0.25) is 0 Å². The molecule has 0 spiro atoms. The number of hydrogen-bond acceptors (Lipinski definition) is 2. The molecular weight excluding hydrogens is 262 g/mol. The predicted octanol–water partition coefficient (Wildman–Crippen LogP) is 3.66. The summed E-state index contributed by atoms with van der Waals surface area (Å²) in [7, 11) is 0. The summed E-state index contributed by atoms with van der Waals surface area (Å²) in [4.78, 5) is 11.3. The van der Waals surface area contributed by atoms with Crippen molar-refractivity contribution in [3.05, 3.63) is 35.9 Å². The number of carboxylic acid groups (broad SMARTS) is 1. The third-order valence-corrected chi connectivity index (χ3v) is 4.46. The molecule has 0 saturated heterocycles. The minimum atomic E-state index is -0.672. The zero-order valence-corrected chi connectivity index (χ0v) is 13.1. The molecule has 0 radical (unpaired) electrons. The zero-order chi connectivity index (χ0) is 15.2. The van der Waals surface area contributed by atoms with E-state index in [2.05, 4.69) is 49.5 Å². The predicted molar refractivity (Wildman–Crippen MR) is 85.4 cm³/mol. The number of nitrogens with one attached hydrogen (secondary N) is 1. The molecular formula is C18H27NO2. The summed E-state index contributed by atoms with van der Waals surface area (Å²) in [5.41, 5.74) is 1.42. The highest BCUT2D eigenvalue weighted by Gasteiger charge is 2.27. The molecule has 0 aliphatic heterocycles. The second kappa shape index (κ2) is 7.60. The molecule has 0 aromatic heterocycles. The molecule has 21 heavy (non-hydrogen) atoms. The molecule has 2 N–H and O–H groups in total. The van der Waals surface area contributed by atoms with Crippen LogP contribution in [0.25, 0.3) is 0 Å². The number of hydrogen-bond donors (Lipinski definition) is 2. The van der Waals surface area contributed by atoms with Crippen molar-refractivity contribution in [1.82, 2.24) is 5.32 Å². The van der Waals surface area contributed by atoms with Crippen molar-refractivity contribution < 1.29 is 9.90 Å². The molecule has 0 heterocycles. The van der Waals surface area contributed by atoms with Crippen LogP contribution < -0.4 is 5.32 Å². The Labute approximate surface area is 127 Å². The SMILES string of the molecule is CC(C)CC(CNC1CCC(c2ccccc2)C1)C(=O)O. The molecule has 1 saturated carbocycles. The Kier molecular flexibility index (Phi) is 5.80. The second-order valence-corrected chi connectivity index (χ2v) is 6.69. The molecule has 3 heteroatoms. The molecule has 1 fully saturated rings. The molecule has 1 aliphatic carbocycles. The van der Waals surface area contributed by atoms with Crippen LogP contribution in [-0.2, 0) is 4.79 Å². The fourth-order valence-corrected chi connectivity index (χ4v) is 3.34. The van der Waals surface area contributed by atoms with Gasteiger partial charge in [0.15, 0.2) is 0 Å². The number of rotatable bonds is 7. The van der Waals surface area contributed by atoms with Crippen LogP contribution in [0.4, 0.5) is 0 Å². The Balaban J connectivity index is 1.81. The minimum Gasteiger partial charge on any atom is -0.481 e. The maximum atomic E-state index is 11.3. The molecule has 3 unspecified atom stereocenters. The van der Waals surface area contributed by atoms with Crippen LogP contribution in [0.15, 0.2) is 30.3 Å².